The Hall–Kier alpha value is -2.60. The average molecular weight is 310 g/mol. The molecule has 0 heterocycles. The van der Waals surface area contributed by atoms with Crippen LogP contribution in [0.25, 0.3) is 11.1 Å². The summed E-state index contributed by atoms with van der Waals surface area (Å²) in [4.78, 5) is 0. The van der Waals surface area contributed by atoms with Gasteiger partial charge in [0.1, 0.15) is 0 Å². The normalized spacial score (nSPS) is 12.8. The van der Waals surface area contributed by atoms with Crippen LogP contribution in [0.2, 0.25) is 0 Å². The molecule has 0 aliphatic heterocycles. The molecule has 24 heavy (non-hydrogen) atoms. The zero-order valence-corrected chi connectivity index (χ0v) is 14.8. The molecule has 118 valence electrons. The number of hydrogen-bond acceptors (Lipinski definition) is 0. The molecule has 0 saturated carbocycles. The second kappa shape index (κ2) is 5.49. The molecule has 4 rings (SSSR count). The molecule has 0 spiro atoms. The average Bonchev–Trinajstić information content (AvgIpc) is 2.60. The molecule has 1 aliphatic rings. The van der Waals surface area contributed by atoms with Gasteiger partial charge in [0, 0.05) is 0 Å². The lowest BCUT2D eigenvalue weighted by molar-refractivity contribution is 1.17. The number of rotatable bonds is 2. The molecular weight excluding hydrogens is 288 g/mol. The molecule has 1 aliphatic carbocycles. The highest BCUT2D eigenvalue weighted by atomic mass is 14.3. The highest BCUT2D eigenvalue weighted by molar-refractivity contribution is 6.16. The number of fused-ring (bicyclic) bond motifs is 1. The lowest BCUT2D eigenvalue weighted by atomic mass is 9.69. The van der Waals surface area contributed by atoms with E-state index in [1.807, 2.05) is 0 Å². The molecule has 0 saturated heterocycles. The zero-order valence-electron chi connectivity index (χ0n) is 14.8. The van der Waals surface area contributed by atoms with Gasteiger partial charge in [-0.15, -0.1) is 0 Å². The standard InChI is InChI=1S/C24H22/c1-15-16(2)18(4)22-21(17(15)3)23(19-11-7-5-8-12-19)24(22)20-13-9-6-10-14-20/h5-14H,1-4H3. The van der Waals surface area contributed by atoms with Gasteiger partial charge >= 0.3 is 0 Å². The molecule has 3 aromatic rings. The Balaban J connectivity index is 2.07. The lowest BCUT2D eigenvalue weighted by Gasteiger charge is -2.34. The van der Waals surface area contributed by atoms with E-state index in [1.54, 1.807) is 0 Å². The van der Waals surface area contributed by atoms with Crippen LogP contribution < -0.4 is 0 Å². The van der Waals surface area contributed by atoms with Crippen LogP contribution in [-0.2, 0) is 0 Å². The molecule has 0 bridgehead atoms. The maximum atomic E-state index is 2.27. The zero-order chi connectivity index (χ0) is 16.8. The van der Waals surface area contributed by atoms with Crippen LogP contribution in [0, 0.1) is 27.7 Å². The van der Waals surface area contributed by atoms with Crippen molar-refractivity contribution in [1.29, 1.82) is 0 Å². The van der Waals surface area contributed by atoms with Crippen molar-refractivity contribution in [2.75, 3.05) is 0 Å². The molecule has 3 aromatic carbocycles. The summed E-state index contributed by atoms with van der Waals surface area (Å²) in [7, 11) is 0. The van der Waals surface area contributed by atoms with Crippen molar-refractivity contribution < 1.29 is 0 Å². The van der Waals surface area contributed by atoms with Crippen LogP contribution in [0.15, 0.2) is 60.7 Å². The summed E-state index contributed by atoms with van der Waals surface area (Å²) in [5.41, 5.74) is 14.0. The molecule has 0 amide bonds. The first-order valence-corrected chi connectivity index (χ1v) is 8.57. The van der Waals surface area contributed by atoms with Crippen LogP contribution in [0.3, 0.4) is 0 Å². The van der Waals surface area contributed by atoms with Crippen molar-refractivity contribution in [3.63, 3.8) is 0 Å². The fourth-order valence-electron chi connectivity index (χ4n) is 3.91. The van der Waals surface area contributed by atoms with Crippen molar-refractivity contribution in [3.05, 3.63) is 105 Å². The van der Waals surface area contributed by atoms with E-state index in [4.69, 9.17) is 0 Å². The summed E-state index contributed by atoms with van der Waals surface area (Å²) in [6.07, 6.45) is 0. The molecule has 0 nitrogen and oxygen atoms in total. The van der Waals surface area contributed by atoms with E-state index in [-0.39, 0.29) is 0 Å². The molecule has 0 unspecified atom stereocenters. The van der Waals surface area contributed by atoms with Crippen molar-refractivity contribution in [1.82, 2.24) is 0 Å². The lowest BCUT2D eigenvalue weighted by Crippen LogP contribution is -2.15. The van der Waals surface area contributed by atoms with Gasteiger partial charge < -0.3 is 0 Å². The largest absolute Gasteiger partial charge is 0.0622 e. The highest BCUT2D eigenvalue weighted by Gasteiger charge is 2.32. The minimum absolute atomic E-state index is 1.31. The molecule has 0 fully saturated rings. The second-order valence-corrected chi connectivity index (χ2v) is 6.73. The first kappa shape index (κ1) is 15.0. The Morgan fingerprint density at radius 3 is 1.08 bits per heavy atom. The van der Waals surface area contributed by atoms with Gasteiger partial charge in [0.05, 0.1) is 0 Å². The van der Waals surface area contributed by atoms with Crippen molar-refractivity contribution in [3.8, 4) is 0 Å². The summed E-state index contributed by atoms with van der Waals surface area (Å²) in [5.74, 6) is 0. The summed E-state index contributed by atoms with van der Waals surface area (Å²) in [6, 6.07) is 21.6. The third-order valence-corrected chi connectivity index (χ3v) is 5.56. The first-order valence-electron chi connectivity index (χ1n) is 8.57. The van der Waals surface area contributed by atoms with Crippen LogP contribution >= 0.6 is 0 Å². The van der Waals surface area contributed by atoms with Gasteiger partial charge in [-0.2, -0.15) is 0 Å². The smallest absolute Gasteiger partial charge is 0.00174 e. The fourth-order valence-corrected chi connectivity index (χ4v) is 3.91. The monoisotopic (exact) mass is 310 g/mol. The van der Waals surface area contributed by atoms with Gasteiger partial charge in [-0.25, -0.2) is 0 Å². The van der Waals surface area contributed by atoms with E-state index >= 15 is 0 Å². The first-order chi connectivity index (χ1) is 11.6. The topological polar surface area (TPSA) is 0 Å². The van der Waals surface area contributed by atoms with Crippen LogP contribution in [0.4, 0.5) is 0 Å². The third-order valence-electron chi connectivity index (χ3n) is 5.56. The van der Waals surface area contributed by atoms with Gasteiger partial charge in [0.2, 0.25) is 0 Å². The number of benzene rings is 3. The number of hydrogen-bond donors (Lipinski definition) is 0. The van der Waals surface area contributed by atoms with E-state index in [0.29, 0.717) is 0 Å². The Bertz CT molecular complexity index is 878. The van der Waals surface area contributed by atoms with Crippen molar-refractivity contribution in [2.24, 2.45) is 0 Å². The van der Waals surface area contributed by atoms with Gasteiger partial charge in [0.15, 0.2) is 0 Å². The SMILES string of the molecule is Cc1c(C)c(C)c2c(c1C)C(c1ccccc1)=C2c1ccccc1. The minimum Gasteiger partial charge on any atom is -0.0622 e. The van der Waals surface area contributed by atoms with Crippen molar-refractivity contribution in [2.45, 2.75) is 27.7 Å². The molecule has 0 N–H and O–H groups in total. The van der Waals surface area contributed by atoms with Crippen LogP contribution in [0.5, 0.6) is 0 Å². The van der Waals surface area contributed by atoms with Gasteiger partial charge in [-0.1, -0.05) is 60.7 Å². The molecule has 0 radical (unpaired) electrons. The Morgan fingerprint density at radius 1 is 0.417 bits per heavy atom. The Labute approximate surface area is 144 Å². The fraction of sp³-hybridized carbons (Fsp3) is 0.167. The molecular formula is C24H22. The van der Waals surface area contributed by atoms with E-state index in [0.717, 1.165) is 0 Å². The molecule has 0 atom stereocenters. The van der Waals surface area contributed by atoms with Gasteiger partial charge in [-0.3, -0.25) is 0 Å². The van der Waals surface area contributed by atoms with Gasteiger partial charge in [-0.05, 0) is 83.3 Å². The molecule has 0 aromatic heterocycles. The minimum atomic E-state index is 1.31. The van der Waals surface area contributed by atoms with E-state index in [1.165, 1.54) is 55.7 Å². The maximum Gasteiger partial charge on any atom is -0.00174 e. The van der Waals surface area contributed by atoms with E-state index in [9.17, 15) is 0 Å². The van der Waals surface area contributed by atoms with Crippen molar-refractivity contribution >= 4 is 11.1 Å². The maximum absolute atomic E-state index is 2.27. The second-order valence-electron chi connectivity index (χ2n) is 6.73. The predicted octanol–water partition coefficient (Wildman–Crippen LogP) is 6.24. The summed E-state index contributed by atoms with van der Waals surface area (Å²) in [6.45, 7) is 9.04. The Kier molecular flexibility index (Phi) is 3.42. The van der Waals surface area contributed by atoms with E-state index < -0.39 is 0 Å². The summed E-state index contributed by atoms with van der Waals surface area (Å²) < 4.78 is 0. The predicted molar refractivity (Wildman–Crippen MR) is 103 cm³/mol. The summed E-state index contributed by atoms with van der Waals surface area (Å²) in [5, 5.41) is 0. The Morgan fingerprint density at radius 2 is 0.750 bits per heavy atom. The third kappa shape index (κ3) is 1.99. The summed E-state index contributed by atoms with van der Waals surface area (Å²) >= 11 is 0. The van der Waals surface area contributed by atoms with E-state index in [2.05, 4.69) is 88.4 Å². The van der Waals surface area contributed by atoms with Crippen LogP contribution in [0.1, 0.15) is 44.5 Å². The quantitative estimate of drug-likeness (QED) is 0.411. The highest BCUT2D eigenvalue weighted by Crippen LogP contribution is 2.51. The van der Waals surface area contributed by atoms with Crippen LogP contribution in [-0.4, -0.2) is 0 Å². The van der Waals surface area contributed by atoms with Gasteiger partial charge in [0.25, 0.3) is 0 Å². The molecule has 0 heteroatoms.